The summed E-state index contributed by atoms with van der Waals surface area (Å²) in [5, 5.41) is 11.5. The van der Waals surface area contributed by atoms with Gasteiger partial charge in [-0.25, -0.2) is 4.39 Å². The first kappa shape index (κ1) is 17.7. The summed E-state index contributed by atoms with van der Waals surface area (Å²) in [7, 11) is 0. The van der Waals surface area contributed by atoms with Crippen LogP contribution in [0.5, 0.6) is 0 Å². The minimum Gasteiger partial charge on any atom is -0.481 e. The molecule has 0 aliphatic heterocycles. The van der Waals surface area contributed by atoms with Crippen LogP contribution in [0.25, 0.3) is 0 Å². The number of amides is 1. The molecule has 0 saturated heterocycles. The van der Waals surface area contributed by atoms with Gasteiger partial charge in [0.2, 0.25) is 5.91 Å². The highest BCUT2D eigenvalue weighted by Crippen LogP contribution is 2.23. The van der Waals surface area contributed by atoms with Gasteiger partial charge < -0.3 is 10.4 Å². The standard InChI is InChI=1S/C19H20FNO3/c20-16-10-6-9-15(13-16)19(14-7-2-1-3-8-14)21-17(22)11-4-5-12-18(23)24/h1-3,6-10,13,19H,4-5,11-12H2,(H,21,22)(H,23,24). The van der Waals surface area contributed by atoms with Crippen LogP contribution in [0.2, 0.25) is 0 Å². The van der Waals surface area contributed by atoms with Crippen LogP contribution in [-0.4, -0.2) is 17.0 Å². The van der Waals surface area contributed by atoms with Crippen LogP contribution in [0, 0.1) is 5.82 Å². The normalized spacial score (nSPS) is 11.7. The maximum Gasteiger partial charge on any atom is 0.303 e. The molecule has 2 rings (SSSR count). The third kappa shape index (κ3) is 5.50. The SMILES string of the molecule is O=C(O)CCCCC(=O)NC(c1ccccc1)c1cccc(F)c1. The summed E-state index contributed by atoms with van der Waals surface area (Å²) in [6, 6.07) is 15.1. The zero-order chi connectivity index (χ0) is 17.4. The van der Waals surface area contributed by atoms with E-state index in [1.54, 1.807) is 12.1 Å². The molecule has 0 heterocycles. The van der Waals surface area contributed by atoms with Crippen molar-refractivity contribution in [1.29, 1.82) is 0 Å². The Hall–Kier alpha value is -2.69. The minimum atomic E-state index is -0.864. The number of carbonyl (C=O) groups is 2. The number of halogens is 1. The molecule has 0 aliphatic carbocycles. The van der Waals surface area contributed by atoms with Gasteiger partial charge in [0.05, 0.1) is 6.04 Å². The Bertz CT molecular complexity index is 688. The Morgan fingerprint density at radius 3 is 2.29 bits per heavy atom. The van der Waals surface area contributed by atoms with Gasteiger partial charge in [0.15, 0.2) is 0 Å². The molecule has 5 heteroatoms. The van der Waals surface area contributed by atoms with Gasteiger partial charge in [0.1, 0.15) is 5.82 Å². The van der Waals surface area contributed by atoms with Crippen LogP contribution in [0.4, 0.5) is 4.39 Å². The van der Waals surface area contributed by atoms with E-state index in [1.807, 2.05) is 30.3 Å². The molecule has 0 radical (unpaired) electrons. The van der Waals surface area contributed by atoms with Gasteiger partial charge in [0, 0.05) is 12.8 Å². The number of rotatable bonds is 8. The van der Waals surface area contributed by atoms with E-state index in [1.165, 1.54) is 12.1 Å². The number of carboxylic acids is 1. The summed E-state index contributed by atoms with van der Waals surface area (Å²) >= 11 is 0. The Morgan fingerprint density at radius 2 is 1.62 bits per heavy atom. The van der Waals surface area contributed by atoms with E-state index in [4.69, 9.17) is 5.11 Å². The molecule has 0 bridgehead atoms. The molecule has 0 saturated carbocycles. The number of aliphatic carboxylic acids is 1. The monoisotopic (exact) mass is 329 g/mol. The van der Waals surface area contributed by atoms with Crippen molar-refractivity contribution in [3.63, 3.8) is 0 Å². The molecule has 2 N–H and O–H groups in total. The summed E-state index contributed by atoms with van der Waals surface area (Å²) in [6.45, 7) is 0. The Labute approximate surface area is 140 Å². The quantitative estimate of drug-likeness (QED) is 0.726. The first-order valence-corrected chi connectivity index (χ1v) is 7.88. The molecule has 24 heavy (non-hydrogen) atoms. The van der Waals surface area contributed by atoms with Crippen molar-refractivity contribution in [3.05, 3.63) is 71.5 Å². The number of hydrogen-bond acceptors (Lipinski definition) is 2. The van der Waals surface area contributed by atoms with Crippen LogP contribution in [-0.2, 0) is 9.59 Å². The van der Waals surface area contributed by atoms with E-state index in [2.05, 4.69) is 5.32 Å². The van der Waals surface area contributed by atoms with Gasteiger partial charge in [-0.2, -0.15) is 0 Å². The molecule has 2 aromatic carbocycles. The molecule has 4 nitrogen and oxygen atoms in total. The fourth-order valence-corrected chi connectivity index (χ4v) is 2.49. The third-order valence-corrected chi connectivity index (χ3v) is 3.66. The van der Waals surface area contributed by atoms with Gasteiger partial charge in [-0.15, -0.1) is 0 Å². The van der Waals surface area contributed by atoms with E-state index < -0.39 is 12.0 Å². The highest BCUT2D eigenvalue weighted by Gasteiger charge is 2.17. The molecular weight excluding hydrogens is 309 g/mol. The van der Waals surface area contributed by atoms with Crippen LogP contribution >= 0.6 is 0 Å². The van der Waals surface area contributed by atoms with Crippen molar-refractivity contribution in [2.75, 3.05) is 0 Å². The highest BCUT2D eigenvalue weighted by molar-refractivity contribution is 5.77. The van der Waals surface area contributed by atoms with Crippen molar-refractivity contribution in [2.45, 2.75) is 31.7 Å². The second-order valence-corrected chi connectivity index (χ2v) is 5.57. The fourth-order valence-electron chi connectivity index (χ4n) is 2.49. The molecule has 1 unspecified atom stereocenters. The van der Waals surface area contributed by atoms with Crippen molar-refractivity contribution in [2.24, 2.45) is 0 Å². The lowest BCUT2D eigenvalue weighted by Crippen LogP contribution is -2.29. The third-order valence-electron chi connectivity index (χ3n) is 3.66. The highest BCUT2D eigenvalue weighted by atomic mass is 19.1. The van der Waals surface area contributed by atoms with Crippen LogP contribution < -0.4 is 5.32 Å². The van der Waals surface area contributed by atoms with Gasteiger partial charge in [-0.3, -0.25) is 9.59 Å². The summed E-state index contributed by atoms with van der Waals surface area (Å²) in [5.41, 5.74) is 1.53. The Morgan fingerprint density at radius 1 is 0.958 bits per heavy atom. The van der Waals surface area contributed by atoms with Gasteiger partial charge in [0.25, 0.3) is 0 Å². The number of nitrogens with one attached hydrogen (secondary N) is 1. The summed E-state index contributed by atoms with van der Waals surface area (Å²) in [5.74, 6) is -1.40. The lowest BCUT2D eigenvalue weighted by Gasteiger charge is -2.20. The van der Waals surface area contributed by atoms with Gasteiger partial charge in [-0.1, -0.05) is 42.5 Å². The molecular formula is C19H20FNO3. The minimum absolute atomic E-state index is 0.0549. The fraction of sp³-hybridized carbons (Fsp3) is 0.263. The molecule has 126 valence electrons. The summed E-state index contributed by atoms with van der Waals surface area (Å²) in [4.78, 5) is 22.7. The second-order valence-electron chi connectivity index (χ2n) is 5.57. The Kier molecular flexibility index (Phi) is 6.49. The van der Waals surface area contributed by atoms with Crippen molar-refractivity contribution in [1.82, 2.24) is 5.32 Å². The molecule has 0 aromatic heterocycles. The van der Waals surface area contributed by atoms with Crippen molar-refractivity contribution >= 4 is 11.9 Å². The number of carbonyl (C=O) groups excluding carboxylic acids is 1. The largest absolute Gasteiger partial charge is 0.481 e. The lowest BCUT2D eigenvalue weighted by atomic mass is 9.98. The average molecular weight is 329 g/mol. The van der Waals surface area contributed by atoms with E-state index in [0.29, 0.717) is 18.4 Å². The van der Waals surface area contributed by atoms with Crippen molar-refractivity contribution in [3.8, 4) is 0 Å². The zero-order valence-corrected chi connectivity index (χ0v) is 13.2. The van der Waals surface area contributed by atoms with Crippen LogP contribution in [0.15, 0.2) is 54.6 Å². The number of hydrogen-bond donors (Lipinski definition) is 2. The first-order chi connectivity index (χ1) is 11.6. The molecule has 0 aliphatic rings. The smallest absolute Gasteiger partial charge is 0.303 e. The first-order valence-electron chi connectivity index (χ1n) is 7.88. The van der Waals surface area contributed by atoms with Crippen LogP contribution in [0.3, 0.4) is 0 Å². The van der Waals surface area contributed by atoms with E-state index in [-0.39, 0.29) is 24.6 Å². The van der Waals surface area contributed by atoms with E-state index in [9.17, 15) is 14.0 Å². The average Bonchev–Trinajstić information content (AvgIpc) is 2.57. The Balaban J connectivity index is 2.07. The molecule has 2 aromatic rings. The lowest BCUT2D eigenvalue weighted by molar-refractivity contribution is -0.137. The van der Waals surface area contributed by atoms with E-state index >= 15 is 0 Å². The van der Waals surface area contributed by atoms with Crippen LogP contribution in [0.1, 0.15) is 42.9 Å². The van der Waals surface area contributed by atoms with E-state index in [0.717, 1.165) is 5.56 Å². The molecule has 1 amide bonds. The maximum absolute atomic E-state index is 13.5. The topological polar surface area (TPSA) is 66.4 Å². The summed E-state index contributed by atoms with van der Waals surface area (Å²) in [6.07, 6.45) is 1.26. The summed E-state index contributed by atoms with van der Waals surface area (Å²) < 4.78 is 13.5. The molecule has 0 spiro atoms. The molecule has 1 atom stereocenters. The zero-order valence-electron chi connectivity index (χ0n) is 13.2. The number of benzene rings is 2. The molecule has 0 fully saturated rings. The number of unbranched alkanes of at least 4 members (excludes halogenated alkanes) is 1. The second kappa shape index (κ2) is 8.82. The van der Waals surface area contributed by atoms with Crippen molar-refractivity contribution < 1.29 is 19.1 Å². The predicted molar refractivity (Wildman–Crippen MR) is 88.9 cm³/mol. The van der Waals surface area contributed by atoms with Gasteiger partial charge in [-0.05, 0) is 36.1 Å². The predicted octanol–water partition coefficient (Wildman–Crippen LogP) is 3.68. The maximum atomic E-state index is 13.5. The number of carboxylic acid groups (broad SMARTS) is 1. The van der Waals surface area contributed by atoms with Gasteiger partial charge >= 0.3 is 5.97 Å².